The van der Waals surface area contributed by atoms with Crippen molar-refractivity contribution in [2.75, 3.05) is 59.4 Å². The van der Waals surface area contributed by atoms with Gasteiger partial charge in [0, 0.05) is 18.1 Å². The van der Waals surface area contributed by atoms with E-state index in [1.807, 2.05) is 0 Å². The fourth-order valence-corrected chi connectivity index (χ4v) is 11.1. The molecule has 15 aliphatic heterocycles. The fraction of sp³-hybridized carbons (Fsp3) is 1.00. The molecular formula is C46H77N3O35. The van der Waals surface area contributed by atoms with E-state index in [4.69, 9.17) is 76.6 Å². The smallest absolute Gasteiger partial charge is 0.187 e. The number of rotatable bonds is 13. The van der Waals surface area contributed by atoms with Crippen molar-refractivity contribution in [3.8, 4) is 0 Å². The zero-order valence-electron chi connectivity index (χ0n) is 44.4. The zero-order chi connectivity index (χ0) is 61.0. The lowest BCUT2D eigenvalue weighted by molar-refractivity contribution is -0.398. The van der Waals surface area contributed by atoms with Crippen LogP contribution >= 0.6 is 0 Å². The minimum absolute atomic E-state index is 0.0223. The molecule has 15 rings (SSSR count). The first-order valence-corrected chi connectivity index (χ1v) is 27.1. The second-order valence-corrected chi connectivity index (χ2v) is 21.2. The number of ether oxygens (including phenoxy) is 15. The third-order valence-electron chi connectivity index (χ3n) is 15.8. The highest BCUT2D eigenvalue weighted by Crippen LogP contribution is 2.39. The van der Waals surface area contributed by atoms with Crippen LogP contribution in [0.3, 0.4) is 0 Å². The second kappa shape index (κ2) is 30.1. The summed E-state index contributed by atoms with van der Waals surface area (Å²) < 4.78 is 87.1. The van der Waals surface area contributed by atoms with Crippen LogP contribution in [0.4, 0.5) is 0 Å². The first-order chi connectivity index (χ1) is 40.2. The molecule has 486 valence electrons. The van der Waals surface area contributed by atoms with E-state index in [1.165, 1.54) is 0 Å². The van der Waals surface area contributed by atoms with Crippen molar-refractivity contribution in [2.24, 2.45) is 5.11 Å². The molecule has 0 aromatic rings. The van der Waals surface area contributed by atoms with Gasteiger partial charge in [-0.2, -0.15) is 0 Å². The van der Waals surface area contributed by atoms with Gasteiger partial charge in [0.05, 0.1) is 46.2 Å². The van der Waals surface area contributed by atoms with Crippen LogP contribution in [-0.2, 0) is 71.1 Å². The lowest BCUT2D eigenvalue weighted by Crippen LogP contribution is -2.68. The average Bonchev–Trinajstić information content (AvgIpc) is 1.43. The Morgan fingerprint density at radius 3 is 0.726 bits per heavy atom. The SMILES string of the molecule is [N-]=[N+]=NCCCCO[C@H]1[C@H]2O[C@H]3[C@H](O)[C@@H](O)[C@@H](O[C@H]4[C@H](O)[C@@H](O)[C@@H](O[C@H]5[C@H](O)[C@@H](O)[C@@H](O[C@H]6[C@H](O)[C@@H](O)[C@@H](O[C@H]7[C@H](O)[C@@H](O)[C@@H](O[C@H]8[C@H](O)[C@@H](O)[C@@H](O[C@@H]([C@@H]1O)[C@@H](CO)O2)O[C@@H]8CO)O[C@@H]7CO)O[C@@H]6CO)O[C@@H]5CO)O[C@@H]4CO)O[C@@H]3CO. The number of aliphatic hydroxyl groups is 20. The summed E-state index contributed by atoms with van der Waals surface area (Å²) in [7, 11) is 0. The Morgan fingerprint density at radius 1 is 0.286 bits per heavy atom. The summed E-state index contributed by atoms with van der Waals surface area (Å²) in [6.45, 7) is -7.54. The molecule has 38 heteroatoms. The van der Waals surface area contributed by atoms with Gasteiger partial charge in [0.2, 0.25) is 0 Å². The van der Waals surface area contributed by atoms with E-state index in [9.17, 15) is 102 Å². The van der Waals surface area contributed by atoms with E-state index in [2.05, 4.69) is 10.0 Å². The summed E-state index contributed by atoms with van der Waals surface area (Å²) in [5, 5.41) is 226. The maximum absolute atomic E-state index is 12.0. The van der Waals surface area contributed by atoms with Crippen molar-refractivity contribution in [1.29, 1.82) is 0 Å². The molecular weight excluding hydrogens is 1150 g/mol. The predicted molar refractivity (Wildman–Crippen MR) is 255 cm³/mol. The molecule has 0 aromatic carbocycles. The van der Waals surface area contributed by atoms with Crippen molar-refractivity contribution < 1.29 is 173 Å². The maximum atomic E-state index is 12.0. The Hall–Kier alpha value is -2.09. The number of hydrogen-bond acceptors (Lipinski definition) is 36. The number of unbranched alkanes of at least 4 members (excludes halogenated alkanes) is 1. The lowest BCUT2D eigenvalue weighted by atomic mass is 9.95. The van der Waals surface area contributed by atoms with Gasteiger partial charge in [-0.25, -0.2) is 0 Å². The molecule has 0 aromatic heterocycles. The molecule has 15 aliphatic rings. The zero-order valence-corrected chi connectivity index (χ0v) is 44.4. The van der Waals surface area contributed by atoms with Crippen LogP contribution in [0.1, 0.15) is 12.8 Å². The molecule has 0 unspecified atom stereocenters. The van der Waals surface area contributed by atoms with Crippen LogP contribution < -0.4 is 0 Å². The Kier molecular flexibility index (Phi) is 24.3. The summed E-state index contributed by atoms with van der Waals surface area (Å²) in [5.74, 6) is 0. The molecule has 20 N–H and O–H groups in total. The molecule has 0 amide bonds. The molecule has 84 heavy (non-hydrogen) atoms. The van der Waals surface area contributed by atoms with Crippen LogP contribution in [0.2, 0.25) is 0 Å². The predicted octanol–water partition coefficient (Wildman–Crippen LogP) is -13.1. The van der Waals surface area contributed by atoms with Crippen LogP contribution in [0.25, 0.3) is 10.4 Å². The highest BCUT2D eigenvalue weighted by molar-refractivity contribution is 5.02. The van der Waals surface area contributed by atoms with E-state index in [0.717, 1.165) is 0 Å². The molecule has 0 spiro atoms. The highest BCUT2D eigenvalue weighted by Gasteiger charge is 2.60. The van der Waals surface area contributed by atoms with E-state index < -0.39 is 261 Å². The summed E-state index contributed by atoms with van der Waals surface area (Å²) in [6, 6.07) is 0. The van der Waals surface area contributed by atoms with Crippen molar-refractivity contribution >= 4 is 0 Å². The van der Waals surface area contributed by atoms with E-state index in [0.29, 0.717) is 0 Å². The number of hydrogen-bond donors (Lipinski definition) is 20. The molecule has 15 saturated heterocycles. The summed E-state index contributed by atoms with van der Waals surface area (Å²) in [6.07, 6.45) is -69.1. The number of azide groups is 1. The van der Waals surface area contributed by atoms with Gasteiger partial charge in [-0.15, -0.1) is 0 Å². The molecule has 35 atom stereocenters. The van der Waals surface area contributed by atoms with Crippen molar-refractivity contribution in [1.82, 2.24) is 0 Å². The van der Waals surface area contributed by atoms with Gasteiger partial charge in [-0.05, 0) is 18.4 Å². The Bertz CT molecular complexity index is 2060. The largest absolute Gasteiger partial charge is 0.394 e. The molecule has 15 heterocycles. The summed E-state index contributed by atoms with van der Waals surface area (Å²) in [5.41, 5.74) is 8.72. The molecule has 15 fully saturated rings. The lowest BCUT2D eigenvalue weighted by Gasteiger charge is -2.50. The van der Waals surface area contributed by atoms with Gasteiger partial charge in [-0.1, -0.05) is 5.11 Å². The van der Waals surface area contributed by atoms with E-state index in [-0.39, 0.29) is 26.0 Å². The Morgan fingerprint density at radius 2 is 0.500 bits per heavy atom. The van der Waals surface area contributed by atoms with Gasteiger partial charge >= 0.3 is 0 Å². The van der Waals surface area contributed by atoms with Crippen LogP contribution in [0.15, 0.2) is 5.11 Å². The highest BCUT2D eigenvalue weighted by atomic mass is 16.8. The molecule has 0 aliphatic carbocycles. The quantitative estimate of drug-likeness (QED) is 0.0352. The van der Waals surface area contributed by atoms with Gasteiger partial charge in [0.25, 0.3) is 0 Å². The first-order valence-electron chi connectivity index (χ1n) is 27.1. The topological polar surface area (TPSA) is 592 Å². The van der Waals surface area contributed by atoms with Gasteiger partial charge < -0.3 is 173 Å². The average molecular weight is 1230 g/mol. The Balaban J connectivity index is 1.10. The number of fused-ring (bicyclic) bond motifs is 7. The number of nitrogens with zero attached hydrogens (tertiary/aromatic N) is 3. The van der Waals surface area contributed by atoms with E-state index >= 15 is 0 Å². The van der Waals surface area contributed by atoms with Gasteiger partial charge in [-0.3, -0.25) is 0 Å². The van der Waals surface area contributed by atoms with Crippen molar-refractivity contribution in [3.05, 3.63) is 10.4 Å². The minimum Gasteiger partial charge on any atom is -0.394 e. The van der Waals surface area contributed by atoms with E-state index in [1.54, 1.807) is 0 Å². The first kappa shape index (κ1) is 67.8. The monoisotopic (exact) mass is 1230 g/mol. The molecule has 0 radical (unpaired) electrons. The maximum Gasteiger partial charge on any atom is 0.187 e. The van der Waals surface area contributed by atoms with Crippen molar-refractivity contribution in [3.63, 3.8) is 0 Å². The normalized spacial score (nSPS) is 51.6. The third kappa shape index (κ3) is 14.1. The Labute approximate surface area is 475 Å². The molecule has 38 nitrogen and oxygen atoms in total. The van der Waals surface area contributed by atoms with Gasteiger partial charge in [0.1, 0.15) is 171 Å². The van der Waals surface area contributed by atoms with Crippen molar-refractivity contribution in [2.45, 2.75) is 228 Å². The fourth-order valence-electron chi connectivity index (χ4n) is 11.1. The van der Waals surface area contributed by atoms with Crippen LogP contribution in [0.5, 0.6) is 0 Å². The summed E-state index contributed by atoms with van der Waals surface area (Å²) in [4.78, 5) is 2.68. The van der Waals surface area contributed by atoms with Gasteiger partial charge in [0.15, 0.2) is 44.0 Å². The molecule has 0 saturated carbocycles. The minimum atomic E-state index is -2.22. The summed E-state index contributed by atoms with van der Waals surface area (Å²) >= 11 is 0. The standard InChI is InChI=1S/C46H77N3O35/c47-49-48-3-1-2-4-70-39-31(69)38-18(11-56)77-46(39)84-37-17(10-55)76-44(30(68)24(37)62)82-35-15(8-53)74-42(28(66)22(35)60)80-33-13(6-51)72-40(26(64)20(33)58)78-32-12(5-50)71-41(25(63)19(32)57)79-34-14(7-52)73-43(27(65)21(34)59)81-36-16(9-54)75-45(83-38)29(67)23(36)61/h12-46,50-69H,1-11H2/t12-,13-,14-,15-,16-,17-,18-,19-,20-,21-,22-,23-,24-,25-,26-,27-,28-,29-,30-,31+,32-,33-,34-,35-,36-,37-,38-,39-,40-,41-,42-,43-,44-,45-,46-/m1/s1. The van der Waals surface area contributed by atoms with Crippen LogP contribution in [-0.4, -0.2) is 376 Å². The third-order valence-corrected chi connectivity index (χ3v) is 15.8. The molecule has 14 bridgehead atoms. The second-order valence-electron chi connectivity index (χ2n) is 21.2. The number of aliphatic hydroxyl groups excluding tert-OH is 20. The van der Waals surface area contributed by atoms with Crippen LogP contribution in [0, 0.1) is 0 Å².